The van der Waals surface area contributed by atoms with Crippen molar-refractivity contribution in [2.75, 3.05) is 0 Å². The normalized spacial score (nSPS) is 11.8. The summed E-state index contributed by atoms with van der Waals surface area (Å²) in [6, 6.07) is 24.8. The number of benzene rings is 3. The minimum Gasteiger partial charge on any atom is -0.334 e. The van der Waals surface area contributed by atoms with Crippen molar-refractivity contribution in [2.45, 2.75) is 41.5 Å². The zero-order chi connectivity index (χ0) is 53.1. The van der Waals surface area contributed by atoms with Gasteiger partial charge >= 0.3 is 0 Å². The quantitative estimate of drug-likeness (QED) is 0.193. The van der Waals surface area contributed by atoms with Crippen LogP contribution in [0.15, 0.2) is 110 Å². The van der Waals surface area contributed by atoms with Gasteiger partial charge in [-0.1, -0.05) is 36.4 Å². The van der Waals surface area contributed by atoms with E-state index in [-0.39, 0.29) is 0 Å². The predicted molar refractivity (Wildman–Crippen MR) is 307 cm³/mol. The summed E-state index contributed by atoms with van der Waals surface area (Å²) >= 11 is 0. The summed E-state index contributed by atoms with van der Waals surface area (Å²) in [7, 11) is 15.7. The fourth-order valence-corrected chi connectivity index (χ4v) is 16.5. The summed E-state index contributed by atoms with van der Waals surface area (Å²) in [5.74, 6) is 0. The Morgan fingerprint density at radius 2 is 0.533 bits per heavy atom. The van der Waals surface area contributed by atoms with Crippen molar-refractivity contribution >= 4 is 107 Å². The van der Waals surface area contributed by atoms with Gasteiger partial charge in [-0.3, -0.25) is 0 Å². The number of rotatable bonds is 9. The number of para-hydroxylation sites is 6. The Kier molecular flexibility index (Phi) is 13.9. The van der Waals surface area contributed by atoms with Crippen molar-refractivity contribution in [1.82, 2.24) is 86.0 Å². The third-order valence-electron chi connectivity index (χ3n) is 14.3. The van der Waals surface area contributed by atoms with E-state index in [1.54, 1.807) is 0 Å². The van der Waals surface area contributed by atoms with E-state index >= 15 is 0 Å². The fourth-order valence-electron chi connectivity index (χ4n) is 9.22. The molecule has 0 spiro atoms. The van der Waals surface area contributed by atoms with Crippen LogP contribution in [0, 0.1) is 41.5 Å². The molecule has 0 amide bonds. The number of hydrogen-bond donors (Lipinski definition) is 0. The topological polar surface area (TPSA) is 160 Å². The second-order valence-corrected chi connectivity index (χ2v) is 24.4. The molecule has 21 heteroatoms. The van der Waals surface area contributed by atoms with E-state index in [1.165, 1.54) is 17.1 Å². The lowest BCUT2D eigenvalue weighted by molar-refractivity contribution is 0.885. The number of imidazole rings is 9. The van der Waals surface area contributed by atoms with Crippen LogP contribution in [0.25, 0.3) is 33.1 Å². The van der Waals surface area contributed by atoms with Crippen LogP contribution in [-0.2, 0) is 63.4 Å². The molecule has 0 aliphatic rings. The molecule has 9 aromatic heterocycles. The van der Waals surface area contributed by atoms with E-state index in [0.29, 0.717) is 0 Å². The van der Waals surface area contributed by atoms with Gasteiger partial charge in [-0.05, 0) is 77.9 Å². The molecule has 0 saturated heterocycles. The SMILES string of the molecule is Cc1nc(P(c2nc(C)c(C)n2C)c2nc(C)c(C)n2C)n(C)c1C.Cn1c(P(c2nc3ccccc3n2C)c2nc3ccccc3n2C)nc2ccccc21.Cn1ccnc1P(c1nccn1C)c1nccn1C. The highest BCUT2D eigenvalue weighted by atomic mass is 31.1. The van der Waals surface area contributed by atoms with Crippen molar-refractivity contribution in [2.24, 2.45) is 63.4 Å². The van der Waals surface area contributed by atoms with Crippen LogP contribution in [0.3, 0.4) is 0 Å². The van der Waals surface area contributed by atoms with E-state index in [0.717, 1.165) is 100 Å². The van der Waals surface area contributed by atoms with Gasteiger partial charge in [-0.2, -0.15) is 0 Å². The predicted octanol–water partition coefficient (Wildman–Crippen LogP) is 4.25. The average Bonchev–Trinajstić information content (AvgIpc) is 4.34. The van der Waals surface area contributed by atoms with Crippen molar-refractivity contribution in [1.29, 1.82) is 0 Å². The first kappa shape index (κ1) is 51.1. The van der Waals surface area contributed by atoms with Crippen LogP contribution >= 0.6 is 23.8 Å². The highest BCUT2D eigenvalue weighted by molar-refractivity contribution is 7.79. The Labute approximate surface area is 440 Å². The van der Waals surface area contributed by atoms with Crippen LogP contribution in [-0.4, -0.2) is 86.0 Å². The van der Waals surface area contributed by atoms with Crippen LogP contribution in [0.2, 0.25) is 0 Å². The lowest BCUT2D eigenvalue weighted by atomic mass is 10.3. The number of fused-ring (bicyclic) bond motifs is 3. The van der Waals surface area contributed by atoms with Crippen molar-refractivity contribution in [3.05, 3.63) is 144 Å². The minimum absolute atomic E-state index is 0.842. The van der Waals surface area contributed by atoms with E-state index < -0.39 is 23.8 Å². The first-order chi connectivity index (χ1) is 36.0. The smallest absolute Gasteiger partial charge is 0.147 e. The molecule has 3 aromatic carbocycles. The molecule has 384 valence electrons. The number of nitrogens with zero attached hydrogens (tertiary/aromatic N) is 18. The molecule has 12 aromatic rings. The lowest BCUT2D eigenvalue weighted by Gasteiger charge is -2.17. The highest BCUT2D eigenvalue weighted by Crippen LogP contribution is 2.36. The standard InChI is InChI=1S/C24H21N6P.C18H27N6P.C12H15N6P/c1-28-19-13-7-4-10-16(19)25-22(28)31(23-26-17-11-5-8-14-20(17)29(23)2)24-27-18-12-6-9-15-21(18)30(24)3;1-10-13(4)22(7)16(19-10)25(17-20-11(2)14(5)23(17)8)18-21-12(3)15(6)24(18)9;1-16-7-4-13-10(16)19(11-14-5-8-17(11)2)12-15-6-9-18(12)3/h4-15H,1-3H3;1-9H3;4-9H,1-3H3. The van der Waals surface area contributed by atoms with Gasteiger partial charge in [0.25, 0.3) is 0 Å². The minimum atomic E-state index is -1.09. The molecular formula is C54H63N18P3. The summed E-state index contributed by atoms with van der Waals surface area (Å²) in [5, 5.41) is 0. The first-order valence-electron chi connectivity index (χ1n) is 24.5. The second kappa shape index (κ2) is 20.4. The van der Waals surface area contributed by atoms with Gasteiger partial charge in [0.1, 0.15) is 73.9 Å². The Morgan fingerprint density at radius 3 is 0.747 bits per heavy atom. The number of aryl methyl sites for hydroxylation is 9. The summed E-state index contributed by atoms with van der Waals surface area (Å²) in [6.45, 7) is 12.5. The summed E-state index contributed by atoms with van der Waals surface area (Å²) in [5.41, 5.74) is 22.2. The van der Waals surface area contributed by atoms with Crippen LogP contribution in [0.5, 0.6) is 0 Å². The largest absolute Gasteiger partial charge is 0.334 e. The Balaban J connectivity index is 0.000000132. The maximum absolute atomic E-state index is 5.07. The van der Waals surface area contributed by atoms with E-state index in [9.17, 15) is 0 Å². The third-order valence-corrected chi connectivity index (χ3v) is 21.6. The first-order valence-corrected chi connectivity index (χ1v) is 28.6. The van der Waals surface area contributed by atoms with E-state index in [1.807, 2.05) is 90.2 Å². The molecule has 0 unspecified atom stereocenters. The number of aromatic nitrogens is 18. The molecule has 0 aliphatic carbocycles. The van der Waals surface area contributed by atoms with Gasteiger partial charge in [-0.25, -0.2) is 44.9 Å². The molecule has 0 bridgehead atoms. The molecule has 0 radical (unpaired) electrons. The summed E-state index contributed by atoms with van der Waals surface area (Å²) < 4.78 is 19.3. The molecule has 0 saturated carbocycles. The molecule has 9 heterocycles. The maximum atomic E-state index is 5.07. The second-order valence-electron chi connectivity index (χ2n) is 18.8. The fraction of sp³-hybridized carbons (Fsp3) is 0.278. The summed E-state index contributed by atoms with van der Waals surface area (Å²) in [6.07, 6.45) is 11.3. The molecule has 75 heavy (non-hydrogen) atoms. The monoisotopic (exact) mass is 1060 g/mol. The Morgan fingerprint density at radius 1 is 0.293 bits per heavy atom. The summed E-state index contributed by atoms with van der Waals surface area (Å²) in [4.78, 5) is 43.4. The zero-order valence-corrected chi connectivity index (χ0v) is 48.0. The molecule has 0 fully saturated rings. The molecular weight excluding hydrogens is 994 g/mol. The van der Waals surface area contributed by atoms with Crippen molar-refractivity contribution in [3.63, 3.8) is 0 Å². The average molecular weight is 1060 g/mol. The maximum Gasteiger partial charge on any atom is 0.147 e. The van der Waals surface area contributed by atoms with Gasteiger partial charge in [0.15, 0.2) is 0 Å². The Hall–Kier alpha value is -7.38. The van der Waals surface area contributed by atoms with Crippen LogP contribution < -0.4 is 50.1 Å². The highest BCUT2D eigenvalue weighted by Gasteiger charge is 2.34. The molecule has 18 nitrogen and oxygen atoms in total. The van der Waals surface area contributed by atoms with Gasteiger partial charge < -0.3 is 41.1 Å². The van der Waals surface area contributed by atoms with E-state index in [4.69, 9.17) is 29.9 Å². The van der Waals surface area contributed by atoms with Gasteiger partial charge in [0, 0.05) is 118 Å². The molecule has 0 atom stereocenters. The van der Waals surface area contributed by atoms with Crippen molar-refractivity contribution < 1.29 is 0 Å². The van der Waals surface area contributed by atoms with E-state index in [2.05, 4.69) is 181 Å². The molecule has 0 aliphatic heterocycles. The van der Waals surface area contributed by atoms with Gasteiger partial charge in [-0.15, -0.1) is 0 Å². The van der Waals surface area contributed by atoms with Gasteiger partial charge in [0.2, 0.25) is 0 Å². The number of hydrogen-bond acceptors (Lipinski definition) is 9. The third kappa shape index (κ3) is 9.02. The molecule has 12 rings (SSSR count). The lowest BCUT2D eigenvalue weighted by Crippen LogP contribution is -2.35. The van der Waals surface area contributed by atoms with Crippen LogP contribution in [0.1, 0.15) is 34.2 Å². The molecule has 0 N–H and O–H groups in total. The van der Waals surface area contributed by atoms with Crippen molar-refractivity contribution in [3.8, 4) is 0 Å². The van der Waals surface area contributed by atoms with Crippen LogP contribution in [0.4, 0.5) is 0 Å². The Bertz CT molecular complexity index is 3620. The van der Waals surface area contributed by atoms with Gasteiger partial charge in [0.05, 0.1) is 50.2 Å². The zero-order valence-electron chi connectivity index (χ0n) is 45.3.